The molecule has 0 radical (unpaired) electrons. The molecule has 14 heavy (non-hydrogen) atoms. The Morgan fingerprint density at radius 3 is 2.36 bits per heavy atom. The van der Waals surface area contributed by atoms with E-state index >= 15 is 0 Å². The molecule has 1 saturated heterocycles. The first-order chi connectivity index (χ1) is 6.30. The van der Waals surface area contributed by atoms with Crippen LogP contribution in [0.3, 0.4) is 0 Å². The summed E-state index contributed by atoms with van der Waals surface area (Å²) >= 11 is 0. The minimum Gasteiger partial charge on any atom is -0.480 e. The number of aliphatic hydroxyl groups excluding tert-OH is 1. The molecule has 0 amide bonds. The van der Waals surface area contributed by atoms with Gasteiger partial charge in [0.05, 0.1) is 6.10 Å². The molecule has 1 heterocycles. The zero-order valence-electron chi connectivity index (χ0n) is 7.08. The van der Waals surface area contributed by atoms with Crippen molar-refractivity contribution in [2.75, 3.05) is 0 Å². The number of carboxylic acids is 1. The van der Waals surface area contributed by atoms with Crippen LogP contribution in [0, 0.1) is 0 Å². The van der Waals surface area contributed by atoms with Crippen molar-refractivity contribution < 1.29 is 28.2 Å². The summed E-state index contributed by atoms with van der Waals surface area (Å²) in [6, 6.07) is -3.27. The average Bonchev–Trinajstić information content (AvgIpc) is 2.01. The Morgan fingerprint density at radius 2 is 1.93 bits per heavy atom. The highest BCUT2D eigenvalue weighted by atomic mass is 19.4. The molecule has 3 atom stereocenters. The van der Waals surface area contributed by atoms with E-state index in [1.54, 1.807) is 0 Å². The number of alkyl halides is 3. The van der Waals surface area contributed by atoms with E-state index in [2.05, 4.69) is 0 Å². The van der Waals surface area contributed by atoms with E-state index in [1.807, 2.05) is 5.32 Å². The fourth-order valence-electron chi connectivity index (χ4n) is 1.42. The molecule has 0 aromatic rings. The van der Waals surface area contributed by atoms with Crippen LogP contribution in [0.4, 0.5) is 13.2 Å². The number of aliphatic hydroxyl groups is 1. The summed E-state index contributed by atoms with van der Waals surface area (Å²) in [6.45, 7) is 0. The number of hydrogen-bond donors (Lipinski definition) is 3. The molecular formula is C7H10F3NO3. The van der Waals surface area contributed by atoms with Crippen molar-refractivity contribution >= 4 is 5.97 Å². The van der Waals surface area contributed by atoms with E-state index in [1.165, 1.54) is 0 Å². The molecule has 0 spiro atoms. The zero-order valence-corrected chi connectivity index (χ0v) is 7.08. The average molecular weight is 213 g/mol. The highest BCUT2D eigenvalue weighted by Crippen LogP contribution is 2.28. The number of piperidine rings is 1. The molecule has 0 aromatic heterocycles. The van der Waals surface area contributed by atoms with Gasteiger partial charge in [-0.15, -0.1) is 0 Å². The molecule has 0 saturated carbocycles. The first-order valence-electron chi connectivity index (χ1n) is 4.04. The molecule has 1 aliphatic rings. The third kappa shape index (κ3) is 2.58. The lowest BCUT2D eigenvalue weighted by Gasteiger charge is -2.32. The molecule has 82 valence electrons. The van der Waals surface area contributed by atoms with Gasteiger partial charge < -0.3 is 10.2 Å². The third-order valence-corrected chi connectivity index (χ3v) is 2.11. The van der Waals surface area contributed by atoms with Gasteiger partial charge in [-0.1, -0.05) is 0 Å². The lowest BCUT2D eigenvalue weighted by Crippen LogP contribution is -2.56. The van der Waals surface area contributed by atoms with Crippen LogP contribution < -0.4 is 5.32 Å². The second kappa shape index (κ2) is 3.74. The van der Waals surface area contributed by atoms with Gasteiger partial charge in [0.2, 0.25) is 0 Å². The summed E-state index contributed by atoms with van der Waals surface area (Å²) in [5.41, 5.74) is 0. The number of nitrogens with one attached hydrogen (secondary N) is 1. The lowest BCUT2D eigenvalue weighted by molar-refractivity contribution is -0.175. The molecular weight excluding hydrogens is 203 g/mol. The number of carboxylic acid groups (broad SMARTS) is 1. The van der Waals surface area contributed by atoms with Gasteiger partial charge in [-0.05, 0) is 12.8 Å². The Balaban J connectivity index is 2.68. The Hall–Kier alpha value is -0.820. The van der Waals surface area contributed by atoms with Crippen LogP contribution in [-0.2, 0) is 4.79 Å². The number of hydrogen-bond acceptors (Lipinski definition) is 3. The minimum atomic E-state index is -4.52. The SMILES string of the molecule is O=C(O)[C@@H]1CC(O)C[C@H](C(F)(F)F)N1. The van der Waals surface area contributed by atoms with Crippen LogP contribution in [0.1, 0.15) is 12.8 Å². The molecule has 1 unspecified atom stereocenters. The molecule has 1 rings (SSSR count). The largest absolute Gasteiger partial charge is 0.480 e. The first kappa shape index (κ1) is 11.3. The van der Waals surface area contributed by atoms with Gasteiger partial charge in [0, 0.05) is 0 Å². The standard InChI is InChI=1S/C7H10F3NO3/c8-7(9,10)5-2-3(12)1-4(11-5)6(13)14/h3-5,11-12H,1-2H2,(H,13,14)/t3?,4-,5+/m0/s1. The summed E-state index contributed by atoms with van der Waals surface area (Å²) in [5, 5.41) is 19.5. The summed E-state index contributed by atoms with van der Waals surface area (Å²) < 4.78 is 36.6. The molecule has 0 bridgehead atoms. The quantitative estimate of drug-likeness (QED) is 0.578. The monoisotopic (exact) mass is 213 g/mol. The van der Waals surface area contributed by atoms with Crippen molar-refractivity contribution in [3.8, 4) is 0 Å². The van der Waals surface area contributed by atoms with Crippen molar-refractivity contribution in [1.29, 1.82) is 0 Å². The molecule has 3 N–H and O–H groups in total. The maximum atomic E-state index is 12.2. The fourth-order valence-corrected chi connectivity index (χ4v) is 1.42. The summed E-state index contributed by atoms with van der Waals surface area (Å²) in [4.78, 5) is 10.4. The lowest BCUT2D eigenvalue weighted by atomic mass is 9.95. The van der Waals surface area contributed by atoms with Crippen LogP contribution >= 0.6 is 0 Å². The number of rotatable bonds is 1. The van der Waals surface area contributed by atoms with Crippen LogP contribution in [-0.4, -0.2) is 40.5 Å². The highest BCUT2D eigenvalue weighted by Gasteiger charge is 2.45. The van der Waals surface area contributed by atoms with E-state index in [9.17, 15) is 18.0 Å². The maximum absolute atomic E-state index is 12.2. The Kier molecular flexibility index (Phi) is 3.01. The van der Waals surface area contributed by atoms with Crippen LogP contribution in [0.15, 0.2) is 0 Å². The Labute approximate surface area is 77.7 Å². The van der Waals surface area contributed by atoms with Crippen molar-refractivity contribution in [3.63, 3.8) is 0 Å². The van der Waals surface area contributed by atoms with Crippen LogP contribution in [0.25, 0.3) is 0 Å². The van der Waals surface area contributed by atoms with E-state index in [4.69, 9.17) is 10.2 Å². The highest BCUT2D eigenvalue weighted by molar-refractivity contribution is 5.73. The van der Waals surface area contributed by atoms with Crippen molar-refractivity contribution in [2.24, 2.45) is 0 Å². The number of carbonyl (C=O) groups is 1. The molecule has 7 heteroatoms. The number of aliphatic carboxylic acids is 1. The smallest absolute Gasteiger partial charge is 0.403 e. The summed E-state index contributed by atoms with van der Waals surface area (Å²) in [6.07, 6.45) is -6.42. The van der Waals surface area contributed by atoms with Crippen molar-refractivity contribution in [3.05, 3.63) is 0 Å². The summed E-state index contributed by atoms with van der Waals surface area (Å²) in [7, 11) is 0. The molecule has 4 nitrogen and oxygen atoms in total. The molecule has 0 aromatic carbocycles. The Morgan fingerprint density at radius 1 is 1.36 bits per heavy atom. The van der Waals surface area contributed by atoms with E-state index in [0.717, 1.165) is 0 Å². The summed E-state index contributed by atoms with van der Waals surface area (Å²) in [5.74, 6) is -1.38. The second-order valence-corrected chi connectivity index (χ2v) is 3.28. The van der Waals surface area contributed by atoms with E-state index in [0.29, 0.717) is 0 Å². The molecule has 1 aliphatic heterocycles. The Bertz CT molecular complexity index is 231. The van der Waals surface area contributed by atoms with Gasteiger partial charge in [-0.3, -0.25) is 10.1 Å². The van der Waals surface area contributed by atoms with Gasteiger partial charge in [-0.2, -0.15) is 13.2 Å². The third-order valence-electron chi connectivity index (χ3n) is 2.11. The van der Waals surface area contributed by atoms with Crippen molar-refractivity contribution in [1.82, 2.24) is 5.32 Å². The van der Waals surface area contributed by atoms with Gasteiger partial charge in [-0.25, -0.2) is 0 Å². The zero-order chi connectivity index (χ0) is 10.9. The minimum absolute atomic E-state index is 0.193. The van der Waals surface area contributed by atoms with Gasteiger partial charge in [0.25, 0.3) is 0 Å². The van der Waals surface area contributed by atoms with E-state index < -0.39 is 36.8 Å². The van der Waals surface area contributed by atoms with Gasteiger partial charge in [0.15, 0.2) is 0 Å². The van der Waals surface area contributed by atoms with Gasteiger partial charge >= 0.3 is 12.1 Å². The van der Waals surface area contributed by atoms with E-state index in [-0.39, 0.29) is 6.42 Å². The normalized spacial score (nSPS) is 34.1. The number of halogens is 3. The predicted octanol–water partition coefficient (Wildman–Crippen LogP) is 0.115. The van der Waals surface area contributed by atoms with Crippen LogP contribution in [0.5, 0.6) is 0 Å². The maximum Gasteiger partial charge on any atom is 0.403 e. The molecule has 0 aliphatic carbocycles. The van der Waals surface area contributed by atoms with Crippen molar-refractivity contribution in [2.45, 2.75) is 37.2 Å². The predicted molar refractivity (Wildman–Crippen MR) is 39.6 cm³/mol. The second-order valence-electron chi connectivity index (χ2n) is 3.28. The molecule has 1 fully saturated rings. The van der Waals surface area contributed by atoms with Gasteiger partial charge in [0.1, 0.15) is 12.1 Å². The topological polar surface area (TPSA) is 69.6 Å². The first-order valence-corrected chi connectivity index (χ1v) is 4.04. The van der Waals surface area contributed by atoms with Crippen LogP contribution in [0.2, 0.25) is 0 Å². The fraction of sp³-hybridized carbons (Fsp3) is 0.857.